The summed E-state index contributed by atoms with van der Waals surface area (Å²) in [6.45, 7) is 3.14. The highest BCUT2D eigenvalue weighted by Gasteiger charge is 2.10. The molecule has 0 heterocycles. The van der Waals surface area contributed by atoms with Gasteiger partial charge in [-0.05, 0) is 42.8 Å². The van der Waals surface area contributed by atoms with E-state index in [0.717, 1.165) is 12.4 Å². The van der Waals surface area contributed by atoms with E-state index in [1.165, 1.54) is 88.5 Å². The molecule has 3 aromatic carbocycles. The fourth-order valence-electron chi connectivity index (χ4n) is 3.89. The summed E-state index contributed by atoms with van der Waals surface area (Å²) in [5.74, 6) is -1.24. The van der Waals surface area contributed by atoms with Crippen LogP contribution in [0.4, 0.5) is 11.4 Å². The SMILES string of the molecule is CCCCCCCCCCCCOc1ccccc1.O=C(O)c1ccccc1N=Nc1ccccc1C(=O)O. The highest BCUT2D eigenvalue weighted by atomic mass is 16.5. The second kappa shape index (κ2) is 19.1. The highest BCUT2D eigenvalue weighted by Crippen LogP contribution is 2.24. The van der Waals surface area contributed by atoms with Crippen molar-refractivity contribution in [3.8, 4) is 5.75 Å². The number of hydrogen-bond donors (Lipinski definition) is 2. The number of nitrogens with zero attached hydrogens (tertiary/aromatic N) is 2. The maximum Gasteiger partial charge on any atom is 0.337 e. The number of para-hydroxylation sites is 1. The maximum atomic E-state index is 11.0. The minimum atomic E-state index is -1.12. The minimum Gasteiger partial charge on any atom is -0.494 e. The predicted molar refractivity (Wildman–Crippen MR) is 155 cm³/mol. The first-order chi connectivity index (χ1) is 19.0. The van der Waals surface area contributed by atoms with Crippen molar-refractivity contribution in [2.75, 3.05) is 6.61 Å². The number of benzene rings is 3. The lowest BCUT2D eigenvalue weighted by molar-refractivity contribution is 0.0686. The minimum absolute atomic E-state index is 0.00376. The highest BCUT2D eigenvalue weighted by molar-refractivity contribution is 5.94. The molecule has 0 saturated carbocycles. The number of hydrogen-bond acceptors (Lipinski definition) is 5. The van der Waals surface area contributed by atoms with E-state index in [2.05, 4.69) is 17.2 Å². The third-order valence-corrected chi connectivity index (χ3v) is 6.04. The zero-order valence-electron chi connectivity index (χ0n) is 22.8. The van der Waals surface area contributed by atoms with Crippen LogP contribution in [0.3, 0.4) is 0 Å². The summed E-state index contributed by atoms with van der Waals surface area (Å²) < 4.78 is 5.68. The van der Waals surface area contributed by atoms with Gasteiger partial charge < -0.3 is 14.9 Å². The lowest BCUT2D eigenvalue weighted by atomic mass is 10.1. The smallest absolute Gasteiger partial charge is 0.337 e. The van der Waals surface area contributed by atoms with Crippen molar-refractivity contribution in [3.63, 3.8) is 0 Å². The molecule has 0 bridgehead atoms. The van der Waals surface area contributed by atoms with Gasteiger partial charge in [0.2, 0.25) is 0 Å². The van der Waals surface area contributed by atoms with E-state index in [0.29, 0.717) is 0 Å². The molecule has 7 nitrogen and oxygen atoms in total. The summed E-state index contributed by atoms with van der Waals surface area (Å²) in [6.07, 6.45) is 13.7. The molecule has 7 heteroatoms. The molecule has 0 aliphatic rings. The molecular formula is C32H40N2O5. The van der Waals surface area contributed by atoms with E-state index in [-0.39, 0.29) is 22.5 Å². The predicted octanol–water partition coefficient (Wildman–Crippen LogP) is 9.48. The molecule has 0 radical (unpaired) electrons. The summed E-state index contributed by atoms with van der Waals surface area (Å²) in [4.78, 5) is 22.0. The lowest BCUT2D eigenvalue weighted by Crippen LogP contribution is -1.96. The van der Waals surface area contributed by atoms with Gasteiger partial charge in [-0.1, -0.05) is 107 Å². The second-order valence-corrected chi connectivity index (χ2v) is 9.19. The van der Waals surface area contributed by atoms with Crippen molar-refractivity contribution >= 4 is 23.3 Å². The van der Waals surface area contributed by atoms with E-state index in [4.69, 9.17) is 14.9 Å². The van der Waals surface area contributed by atoms with Crippen molar-refractivity contribution in [2.24, 2.45) is 10.2 Å². The fraction of sp³-hybridized carbons (Fsp3) is 0.375. The number of azo groups is 1. The maximum absolute atomic E-state index is 11.0. The topological polar surface area (TPSA) is 109 Å². The summed E-state index contributed by atoms with van der Waals surface area (Å²) in [5, 5.41) is 25.7. The normalized spacial score (nSPS) is 10.6. The molecule has 0 aliphatic heterocycles. The molecular weight excluding hydrogens is 492 g/mol. The average molecular weight is 533 g/mol. The zero-order valence-corrected chi connectivity index (χ0v) is 22.8. The van der Waals surface area contributed by atoms with Crippen LogP contribution >= 0.6 is 0 Å². The summed E-state index contributed by atoms with van der Waals surface area (Å²) in [6, 6.07) is 22.3. The number of rotatable bonds is 16. The summed E-state index contributed by atoms with van der Waals surface area (Å²) >= 11 is 0. The average Bonchev–Trinajstić information content (AvgIpc) is 2.96. The van der Waals surface area contributed by atoms with Gasteiger partial charge in [-0.15, -0.1) is 10.2 Å². The van der Waals surface area contributed by atoms with E-state index in [1.54, 1.807) is 24.3 Å². The van der Waals surface area contributed by atoms with Crippen LogP contribution in [0.25, 0.3) is 0 Å². The van der Waals surface area contributed by atoms with E-state index < -0.39 is 11.9 Å². The van der Waals surface area contributed by atoms with Crippen LogP contribution in [-0.2, 0) is 0 Å². The van der Waals surface area contributed by atoms with Crippen LogP contribution < -0.4 is 4.74 Å². The standard InChI is InChI=1S/C18H30O.C14H10N2O4/c1-2-3-4-5-6-7-8-9-10-14-17-19-18-15-12-11-13-16-18;17-13(18)9-5-1-3-7-11(9)15-16-12-8-4-2-6-10(12)14(19)20/h11-13,15-16H,2-10,14,17H2,1H3;1-8H,(H,17,18)(H,19,20). The van der Waals surface area contributed by atoms with E-state index in [1.807, 2.05) is 30.3 Å². The Kier molecular flexibility index (Phi) is 15.3. The molecule has 3 rings (SSSR count). The molecule has 0 aromatic heterocycles. The Labute approximate surface area is 231 Å². The number of ether oxygens (including phenoxy) is 1. The molecule has 0 spiro atoms. The lowest BCUT2D eigenvalue weighted by Gasteiger charge is -2.05. The van der Waals surface area contributed by atoms with E-state index in [9.17, 15) is 9.59 Å². The molecule has 0 unspecified atom stereocenters. The quantitative estimate of drug-likeness (QED) is 0.141. The Morgan fingerprint density at radius 3 is 1.46 bits per heavy atom. The van der Waals surface area contributed by atoms with E-state index >= 15 is 0 Å². The Bertz CT molecular complexity index is 1090. The number of carboxylic acid groups (broad SMARTS) is 2. The van der Waals surface area contributed by atoms with Gasteiger partial charge in [0, 0.05) is 0 Å². The monoisotopic (exact) mass is 532 g/mol. The zero-order chi connectivity index (χ0) is 28.1. The van der Waals surface area contributed by atoms with Gasteiger partial charge in [-0.2, -0.15) is 0 Å². The van der Waals surface area contributed by atoms with Crippen molar-refractivity contribution < 1.29 is 24.5 Å². The van der Waals surface area contributed by atoms with Gasteiger partial charge in [0.25, 0.3) is 0 Å². The Morgan fingerprint density at radius 2 is 1.00 bits per heavy atom. The number of carbonyl (C=O) groups is 2. The van der Waals surface area contributed by atoms with Gasteiger partial charge in [-0.25, -0.2) is 9.59 Å². The van der Waals surface area contributed by atoms with Gasteiger partial charge in [0.1, 0.15) is 17.1 Å². The first kappa shape index (κ1) is 31.2. The Morgan fingerprint density at radius 1 is 0.590 bits per heavy atom. The molecule has 0 aliphatic carbocycles. The van der Waals surface area contributed by atoms with Crippen LogP contribution in [0.15, 0.2) is 89.1 Å². The Hall–Kier alpha value is -4.00. The van der Waals surface area contributed by atoms with Gasteiger partial charge in [0.15, 0.2) is 0 Å². The molecule has 0 saturated heterocycles. The molecule has 39 heavy (non-hydrogen) atoms. The van der Waals surface area contributed by atoms with Gasteiger partial charge in [-0.3, -0.25) is 0 Å². The summed E-state index contributed by atoms with van der Waals surface area (Å²) in [5.41, 5.74) is 0.341. The number of carboxylic acids is 2. The van der Waals surface area contributed by atoms with Crippen LogP contribution in [0.5, 0.6) is 5.75 Å². The first-order valence-corrected chi connectivity index (χ1v) is 13.8. The molecule has 0 atom stereocenters. The van der Waals surface area contributed by atoms with Crippen molar-refractivity contribution in [1.82, 2.24) is 0 Å². The van der Waals surface area contributed by atoms with Crippen molar-refractivity contribution in [2.45, 2.75) is 71.1 Å². The second-order valence-electron chi connectivity index (χ2n) is 9.19. The molecule has 208 valence electrons. The van der Waals surface area contributed by atoms with Crippen molar-refractivity contribution in [3.05, 3.63) is 90.0 Å². The van der Waals surface area contributed by atoms with Gasteiger partial charge >= 0.3 is 11.9 Å². The summed E-state index contributed by atoms with van der Waals surface area (Å²) in [7, 11) is 0. The number of unbranched alkanes of at least 4 members (excludes halogenated alkanes) is 9. The van der Waals surface area contributed by atoms with Crippen LogP contribution in [-0.4, -0.2) is 28.8 Å². The third kappa shape index (κ3) is 12.9. The van der Waals surface area contributed by atoms with Crippen molar-refractivity contribution in [1.29, 1.82) is 0 Å². The van der Waals surface area contributed by atoms with Gasteiger partial charge in [0.05, 0.1) is 17.7 Å². The molecule has 0 fully saturated rings. The first-order valence-electron chi connectivity index (χ1n) is 13.8. The van der Waals surface area contributed by atoms with Crippen LogP contribution in [0.2, 0.25) is 0 Å². The molecule has 0 amide bonds. The Balaban J connectivity index is 0.000000274. The van der Waals surface area contributed by atoms with Crippen LogP contribution in [0.1, 0.15) is 91.8 Å². The fourth-order valence-corrected chi connectivity index (χ4v) is 3.89. The largest absolute Gasteiger partial charge is 0.494 e. The molecule has 2 N–H and O–H groups in total. The van der Waals surface area contributed by atoms with Crippen LogP contribution in [0, 0.1) is 0 Å². The molecule has 3 aromatic rings. The third-order valence-electron chi connectivity index (χ3n) is 6.04. The number of aromatic carboxylic acids is 2.